The molecule has 0 bridgehead atoms. The van der Waals surface area contributed by atoms with E-state index in [0.717, 1.165) is 25.3 Å². The third kappa shape index (κ3) is 6.38. The van der Waals surface area contributed by atoms with Gasteiger partial charge in [-0.05, 0) is 38.4 Å². The maximum Gasteiger partial charge on any atom is 0.130 e. The summed E-state index contributed by atoms with van der Waals surface area (Å²) < 4.78 is 0. The number of hydrogen-bond acceptors (Lipinski definition) is 3. The maximum absolute atomic E-state index is 4.49. The predicted octanol–water partition coefficient (Wildman–Crippen LogP) is 4.31. The van der Waals surface area contributed by atoms with Crippen molar-refractivity contribution in [1.29, 1.82) is 0 Å². The van der Waals surface area contributed by atoms with Gasteiger partial charge in [-0.15, -0.1) is 0 Å². The van der Waals surface area contributed by atoms with Crippen molar-refractivity contribution in [3.8, 4) is 0 Å². The fraction of sp³-hybridized carbons (Fsp3) is 0.706. The molecule has 1 aromatic rings. The van der Waals surface area contributed by atoms with E-state index in [2.05, 4.69) is 42.0 Å². The van der Waals surface area contributed by atoms with Gasteiger partial charge in [0.25, 0.3) is 0 Å². The third-order valence-corrected chi connectivity index (χ3v) is 3.48. The highest BCUT2D eigenvalue weighted by Gasteiger charge is 2.09. The summed E-state index contributed by atoms with van der Waals surface area (Å²) in [6.45, 7) is 11.1. The molecule has 0 aromatic carbocycles. The number of aromatic nitrogens is 1. The highest BCUT2D eigenvalue weighted by molar-refractivity contribution is 5.43. The number of nitrogens with zero attached hydrogens (tertiary/aromatic N) is 2. The first kappa shape index (κ1) is 17.0. The van der Waals surface area contributed by atoms with Gasteiger partial charge in [-0.3, -0.25) is 4.90 Å². The predicted molar refractivity (Wildman–Crippen MR) is 88.1 cm³/mol. The van der Waals surface area contributed by atoms with Crippen LogP contribution in [0, 0.1) is 0 Å². The normalized spacial score (nSPS) is 11.0. The Morgan fingerprint density at radius 1 is 1.05 bits per heavy atom. The van der Waals surface area contributed by atoms with Gasteiger partial charge in [-0.1, -0.05) is 39.7 Å². The van der Waals surface area contributed by atoms with Crippen molar-refractivity contribution in [3.05, 3.63) is 23.9 Å². The minimum Gasteiger partial charge on any atom is -0.370 e. The van der Waals surface area contributed by atoms with E-state index in [1.54, 1.807) is 0 Å². The van der Waals surface area contributed by atoms with E-state index in [-0.39, 0.29) is 0 Å². The summed E-state index contributed by atoms with van der Waals surface area (Å²) in [6, 6.07) is 4.25. The Labute approximate surface area is 124 Å². The summed E-state index contributed by atoms with van der Waals surface area (Å²) in [7, 11) is 0. The fourth-order valence-electron chi connectivity index (χ4n) is 2.24. The molecular weight excluding hydrogens is 246 g/mol. The Morgan fingerprint density at radius 3 is 2.35 bits per heavy atom. The van der Waals surface area contributed by atoms with Crippen LogP contribution in [0.1, 0.15) is 58.4 Å². The average Bonchev–Trinajstić information content (AvgIpc) is 2.49. The van der Waals surface area contributed by atoms with Crippen LogP contribution in [-0.2, 0) is 6.54 Å². The van der Waals surface area contributed by atoms with Crippen LogP contribution in [0.5, 0.6) is 0 Å². The minimum absolute atomic E-state index is 0.994. The summed E-state index contributed by atoms with van der Waals surface area (Å²) in [4.78, 5) is 7.06. The van der Waals surface area contributed by atoms with Crippen LogP contribution in [0.25, 0.3) is 0 Å². The molecule has 0 saturated carbocycles. The van der Waals surface area contributed by atoms with Gasteiger partial charge in [0.15, 0.2) is 0 Å². The largest absolute Gasteiger partial charge is 0.370 e. The summed E-state index contributed by atoms with van der Waals surface area (Å²) in [6.07, 6.45) is 8.09. The molecule has 1 rings (SSSR count). The molecule has 3 heteroatoms. The maximum atomic E-state index is 4.49. The second kappa shape index (κ2) is 10.7. The number of unbranched alkanes of at least 4 members (excludes halogenated alkanes) is 2. The minimum atomic E-state index is 0.994. The number of nitrogens with one attached hydrogen (secondary N) is 1. The van der Waals surface area contributed by atoms with Crippen LogP contribution in [-0.4, -0.2) is 29.5 Å². The first-order valence-electron chi connectivity index (χ1n) is 8.21. The lowest BCUT2D eigenvalue weighted by Crippen LogP contribution is -2.26. The third-order valence-electron chi connectivity index (χ3n) is 3.48. The zero-order valence-electron chi connectivity index (χ0n) is 13.5. The Balaban J connectivity index is 2.65. The van der Waals surface area contributed by atoms with Crippen LogP contribution in [0.4, 0.5) is 5.82 Å². The summed E-state index contributed by atoms with van der Waals surface area (Å²) in [5, 5.41) is 3.44. The van der Waals surface area contributed by atoms with E-state index in [1.165, 1.54) is 44.3 Å². The Morgan fingerprint density at radius 2 is 1.75 bits per heavy atom. The zero-order chi connectivity index (χ0) is 14.6. The average molecular weight is 277 g/mol. The standard InChI is InChI=1S/C17H31N3/c1-4-7-13-20(14-8-5-2)15-16-10-9-12-19-17(16)18-11-6-3/h9-10,12H,4-8,11,13-15H2,1-3H3,(H,18,19). The molecule has 0 aliphatic rings. The molecule has 3 nitrogen and oxygen atoms in total. The first-order chi connectivity index (χ1) is 9.81. The van der Waals surface area contributed by atoms with Crippen LogP contribution in [0.2, 0.25) is 0 Å². The second-order valence-corrected chi connectivity index (χ2v) is 5.42. The molecule has 20 heavy (non-hydrogen) atoms. The SMILES string of the molecule is CCCCN(CCCC)Cc1cccnc1NCCC. The Kier molecular flexibility index (Phi) is 9.05. The van der Waals surface area contributed by atoms with Crippen LogP contribution in [0.15, 0.2) is 18.3 Å². The van der Waals surface area contributed by atoms with Crippen LogP contribution >= 0.6 is 0 Å². The van der Waals surface area contributed by atoms with Gasteiger partial charge in [0, 0.05) is 24.8 Å². The van der Waals surface area contributed by atoms with E-state index in [1.807, 2.05) is 12.3 Å². The van der Waals surface area contributed by atoms with Gasteiger partial charge in [0.1, 0.15) is 5.82 Å². The van der Waals surface area contributed by atoms with E-state index in [9.17, 15) is 0 Å². The molecule has 0 amide bonds. The molecule has 0 aliphatic heterocycles. The van der Waals surface area contributed by atoms with Crippen molar-refractivity contribution in [3.63, 3.8) is 0 Å². The molecule has 1 N–H and O–H groups in total. The van der Waals surface area contributed by atoms with Gasteiger partial charge in [0.05, 0.1) is 0 Å². The molecule has 0 radical (unpaired) electrons. The van der Waals surface area contributed by atoms with Gasteiger partial charge < -0.3 is 5.32 Å². The van der Waals surface area contributed by atoms with E-state index in [4.69, 9.17) is 0 Å². The van der Waals surface area contributed by atoms with Gasteiger partial charge in [0.2, 0.25) is 0 Å². The first-order valence-corrected chi connectivity index (χ1v) is 8.21. The molecule has 0 spiro atoms. The van der Waals surface area contributed by atoms with Crippen molar-refractivity contribution < 1.29 is 0 Å². The smallest absolute Gasteiger partial charge is 0.130 e. The fourth-order valence-corrected chi connectivity index (χ4v) is 2.24. The Hall–Kier alpha value is -1.09. The number of anilines is 1. The van der Waals surface area contributed by atoms with E-state index in [0.29, 0.717) is 0 Å². The molecule has 1 aromatic heterocycles. The molecule has 0 unspecified atom stereocenters. The van der Waals surface area contributed by atoms with Crippen LogP contribution < -0.4 is 5.32 Å². The van der Waals surface area contributed by atoms with Gasteiger partial charge >= 0.3 is 0 Å². The lowest BCUT2D eigenvalue weighted by molar-refractivity contribution is 0.257. The molecular formula is C17H31N3. The van der Waals surface area contributed by atoms with Crippen molar-refractivity contribution >= 4 is 5.82 Å². The van der Waals surface area contributed by atoms with Gasteiger partial charge in [-0.25, -0.2) is 4.98 Å². The molecule has 114 valence electrons. The van der Waals surface area contributed by atoms with Crippen LogP contribution in [0.3, 0.4) is 0 Å². The molecule has 0 saturated heterocycles. The molecule has 0 aliphatic carbocycles. The van der Waals surface area contributed by atoms with Crippen molar-refractivity contribution in [1.82, 2.24) is 9.88 Å². The monoisotopic (exact) mass is 277 g/mol. The van der Waals surface area contributed by atoms with E-state index < -0.39 is 0 Å². The number of rotatable bonds is 11. The second-order valence-electron chi connectivity index (χ2n) is 5.42. The molecule has 0 fully saturated rings. The van der Waals surface area contributed by atoms with Crippen molar-refractivity contribution in [2.45, 2.75) is 59.4 Å². The molecule has 1 heterocycles. The van der Waals surface area contributed by atoms with Gasteiger partial charge in [-0.2, -0.15) is 0 Å². The molecule has 0 atom stereocenters. The Bertz CT molecular complexity index is 344. The lowest BCUT2D eigenvalue weighted by atomic mass is 10.2. The highest BCUT2D eigenvalue weighted by atomic mass is 15.1. The number of pyridine rings is 1. The van der Waals surface area contributed by atoms with Crippen molar-refractivity contribution in [2.24, 2.45) is 0 Å². The lowest BCUT2D eigenvalue weighted by Gasteiger charge is -2.23. The summed E-state index contributed by atoms with van der Waals surface area (Å²) in [5.41, 5.74) is 1.33. The topological polar surface area (TPSA) is 28.2 Å². The summed E-state index contributed by atoms with van der Waals surface area (Å²) >= 11 is 0. The zero-order valence-corrected chi connectivity index (χ0v) is 13.5. The highest BCUT2D eigenvalue weighted by Crippen LogP contribution is 2.15. The number of hydrogen-bond donors (Lipinski definition) is 1. The van der Waals surface area contributed by atoms with Crippen molar-refractivity contribution in [2.75, 3.05) is 25.0 Å². The van der Waals surface area contributed by atoms with E-state index >= 15 is 0 Å². The summed E-state index contributed by atoms with van der Waals surface area (Å²) in [5.74, 6) is 1.06. The quantitative estimate of drug-likeness (QED) is 0.653.